The molecule has 0 fully saturated rings. The quantitative estimate of drug-likeness (QED) is 0.839. The van der Waals surface area contributed by atoms with E-state index in [0.29, 0.717) is 17.1 Å². The van der Waals surface area contributed by atoms with Crippen LogP contribution in [-0.2, 0) is 4.79 Å². The van der Waals surface area contributed by atoms with Gasteiger partial charge in [-0.05, 0) is 45.9 Å². The van der Waals surface area contributed by atoms with Crippen LogP contribution in [0.4, 0.5) is 0 Å². The lowest BCUT2D eigenvalue weighted by molar-refractivity contribution is -0.128. The van der Waals surface area contributed by atoms with Gasteiger partial charge in [0.2, 0.25) is 0 Å². The number of hydrogen-bond donors (Lipinski definition) is 1. The lowest BCUT2D eigenvalue weighted by Gasteiger charge is -2.24. The molecule has 5 heteroatoms. The number of rotatable bonds is 5. The highest BCUT2D eigenvalue weighted by molar-refractivity contribution is 5.81. The molecule has 0 radical (unpaired) electrons. The summed E-state index contributed by atoms with van der Waals surface area (Å²) in [6.07, 6.45) is 0.0624. The van der Waals surface area contributed by atoms with Gasteiger partial charge in [-0.2, -0.15) is 0 Å². The van der Waals surface area contributed by atoms with Crippen LogP contribution < -0.4 is 14.8 Å². The van der Waals surface area contributed by atoms with Gasteiger partial charge < -0.3 is 14.8 Å². The molecule has 20 heavy (non-hydrogen) atoms. The van der Waals surface area contributed by atoms with E-state index >= 15 is 0 Å². The molecule has 1 unspecified atom stereocenters. The minimum absolute atomic E-state index is 0.209. The molecule has 1 aromatic carbocycles. The molecule has 1 aromatic rings. The van der Waals surface area contributed by atoms with E-state index in [1.54, 1.807) is 25.1 Å². The first-order valence-corrected chi connectivity index (χ1v) is 6.38. The number of amides is 1. The van der Waals surface area contributed by atoms with Gasteiger partial charge in [0.15, 0.2) is 17.6 Å². The summed E-state index contributed by atoms with van der Waals surface area (Å²) in [5.41, 5.74) is 0.168. The second-order valence-electron chi connectivity index (χ2n) is 5.53. The van der Waals surface area contributed by atoms with Gasteiger partial charge >= 0.3 is 0 Å². The number of carbonyl (C=O) groups is 2. The SMILES string of the molecule is COc1cc(C=O)ccc1OC(C)C(=O)NC(C)(C)C. The van der Waals surface area contributed by atoms with E-state index < -0.39 is 6.10 Å². The Balaban J connectivity index is 2.82. The molecule has 0 bridgehead atoms. The molecule has 0 saturated heterocycles. The number of hydrogen-bond acceptors (Lipinski definition) is 4. The van der Waals surface area contributed by atoms with Gasteiger partial charge in [-0.15, -0.1) is 0 Å². The van der Waals surface area contributed by atoms with Crippen molar-refractivity contribution in [1.82, 2.24) is 5.32 Å². The fourth-order valence-corrected chi connectivity index (χ4v) is 1.57. The molecule has 0 spiro atoms. The Morgan fingerprint density at radius 1 is 1.30 bits per heavy atom. The zero-order valence-corrected chi connectivity index (χ0v) is 12.5. The molecule has 0 heterocycles. The first-order chi connectivity index (χ1) is 9.26. The Bertz CT molecular complexity index is 491. The van der Waals surface area contributed by atoms with Crippen LogP contribution in [0.15, 0.2) is 18.2 Å². The van der Waals surface area contributed by atoms with Gasteiger partial charge in [-0.25, -0.2) is 0 Å². The molecule has 110 valence electrons. The van der Waals surface area contributed by atoms with Crippen LogP contribution in [0.1, 0.15) is 38.1 Å². The van der Waals surface area contributed by atoms with E-state index in [0.717, 1.165) is 6.29 Å². The van der Waals surface area contributed by atoms with Gasteiger partial charge in [0, 0.05) is 11.1 Å². The summed E-state index contributed by atoms with van der Waals surface area (Å²) in [4.78, 5) is 22.7. The van der Waals surface area contributed by atoms with Gasteiger partial charge in [-0.3, -0.25) is 9.59 Å². The summed E-state index contributed by atoms with van der Waals surface area (Å²) in [6.45, 7) is 7.36. The smallest absolute Gasteiger partial charge is 0.261 e. The summed E-state index contributed by atoms with van der Waals surface area (Å²) >= 11 is 0. The predicted octanol–water partition coefficient (Wildman–Crippen LogP) is 2.19. The number of benzene rings is 1. The average Bonchev–Trinajstić information content (AvgIpc) is 2.37. The van der Waals surface area contributed by atoms with Crippen LogP contribution in [0.5, 0.6) is 11.5 Å². The Morgan fingerprint density at radius 3 is 2.45 bits per heavy atom. The molecule has 0 aliphatic heterocycles. The number of carbonyl (C=O) groups excluding carboxylic acids is 2. The van der Waals surface area contributed by atoms with Crippen LogP contribution in [-0.4, -0.2) is 30.9 Å². The maximum atomic E-state index is 12.0. The standard InChI is InChI=1S/C15H21NO4/c1-10(14(18)16-15(2,3)4)20-12-7-6-11(9-17)8-13(12)19-5/h6-10H,1-5H3,(H,16,18). The Hall–Kier alpha value is -2.04. The molecular formula is C15H21NO4. The molecule has 5 nitrogen and oxygen atoms in total. The highest BCUT2D eigenvalue weighted by Gasteiger charge is 2.21. The fraction of sp³-hybridized carbons (Fsp3) is 0.467. The van der Waals surface area contributed by atoms with Crippen molar-refractivity contribution in [2.24, 2.45) is 0 Å². The van der Waals surface area contributed by atoms with Gasteiger partial charge in [0.05, 0.1) is 7.11 Å². The van der Waals surface area contributed by atoms with E-state index in [1.807, 2.05) is 20.8 Å². The average molecular weight is 279 g/mol. The van der Waals surface area contributed by atoms with Crippen molar-refractivity contribution in [3.05, 3.63) is 23.8 Å². The first kappa shape index (κ1) is 16.0. The zero-order chi connectivity index (χ0) is 15.3. The molecule has 0 aliphatic rings. The molecule has 1 rings (SSSR count). The second-order valence-corrected chi connectivity index (χ2v) is 5.53. The van der Waals surface area contributed by atoms with Crippen LogP contribution in [0.3, 0.4) is 0 Å². The lowest BCUT2D eigenvalue weighted by atomic mass is 10.1. The number of ether oxygens (including phenoxy) is 2. The predicted molar refractivity (Wildman–Crippen MR) is 76.4 cm³/mol. The minimum Gasteiger partial charge on any atom is -0.493 e. The second kappa shape index (κ2) is 6.41. The summed E-state index contributed by atoms with van der Waals surface area (Å²) in [7, 11) is 1.48. The minimum atomic E-state index is -0.662. The zero-order valence-electron chi connectivity index (χ0n) is 12.5. The Labute approximate surface area is 119 Å². The third-order valence-corrected chi connectivity index (χ3v) is 2.49. The maximum absolute atomic E-state index is 12.0. The molecule has 0 aromatic heterocycles. The maximum Gasteiger partial charge on any atom is 0.261 e. The van der Waals surface area contributed by atoms with E-state index in [2.05, 4.69) is 5.32 Å². The van der Waals surface area contributed by atoms with Gasteiger partial charge in [0.25, 0.3) is 5.91 Å². The molecular weight excluding hydrogens is 258 g/mol. The lowest BCUT2D eigenvalue weighted by Crippen LogP contribution is -2.46. The van der Waals surface area contributed by atoms with Crippen LogP contribution >= 0.6 is 0 Å². The van der Waals surface area contributed by atoms with Gasteiger partial charge in [0.1, 0.15) is 6.29 Å². The van der Waals surface area contributed by atoms with Crippen molar-refractivity contribution in [2.75, 3.05) is 7.11 Å². The molecule has 1 N–H and O–H groups in total. The van der Waals surface area contributed by atoms with Crippen molar-refractivity contribution < 1.29 is 19.1 Å². The van der Waals surface area contributed by atoms with Gasteiger partial charge in [-0.1, -0.05) is 0 Å². The topological polar surface area (TPSA) is 64.6 Å². The highest BCUT2D eigenvalue weighted by atomic mass is 16.5. The molecule has 0 saturated carbocycles. The third-order valence-electron chi connectivity index (χ3n) is 2.49. The van der Waals surface area contributed by atoms with Crippen molar-refractivity contribution in [3.63, 3.8) is 0 Å². The van der Waals surface area contributed by atoms with E-state index in [4.69, 9.17) is 9.47 Å². The number of methoxy groups -OCH3 is 1. The van der Waals surface area contributed by atoms with E-state index in [-0.39, 0.29) is 11.4 Å². The Morgan fingerprint density at radius 2 is 1.95 bits per heavy atom. The third kappa shape index (κ3) is 4.57. The highest BCUT2D eigenvalue weighted by Crippen LogP contribution is 2.28. The largest absolute Gasteiger partial charge is 0.493 e. The van der Waals surface area contributed by atoms with Crippen molar-refractivity contribution in [3.8, 4) is 11.5 Å². The van der Waals surface area contributed by atoms with Crippen molar-refractivity contribution in [2.45, 2.75) is 39.3 Å². The van der Waals surface area contributed by atoms with E-state index in [1.165, 1.54) is 7.11 Å². The number of aldehydes is 1. The number of nitrogens with one attached hydrogen (secondary N) is 1. The molecule has 1 amide bonds. The summed E-state index contributed by atoms with van der Waals surface area (Å²) in [6, 6.07) is 4.79. The monoisotopic (exact) mass is 279 g/mol. The molecule has 1 atom stereocenters. The summed E-state index contributed by atoms with van der Waals surface area (Å²) in [5.74, 6) is 0.638. The first-order valence-electron chi connectivity index (χ1n) is 6.38. The molecule has 0 aliphatic carbocycles. The van der Waals surface area contributed by atoms with Crippen molar-refractivity contribution in [1.29, 1.82) is 0 Å². The normalized spacial score (nSPS) is 12.4. The van der Waals surface area contributed by atoms with Crippen LogP contribution in [0.2, 0.25) is 0 Å². The van der Waals surface area contributed by atoms with Crippen LogP contribution in [0, 0.1) is 0 Å². The fourth-order valence-electron chi connectivity index (χ4n) is 1.57. The Kier molecular flexibility index (Phi) is 5.13. The van der Waals surface area contributed by atoms with E-state index in [9.17, 15) is 9.59 Å². The van der Waals surface area contributed by atoms with Crippen LogP contribution in [0.25, 0.3) is 0 Å². The summed E-state index contributed by atoms with van der Waals surface area (Å²) in [5, 5.41) is 2.84. The van der Waals surface area contributed by atoms with Crippen molar-refractivity contribution >= 4 is 12.2 Å². The summed E-state index contributed by atoms with van der Waals surface area (Å²) < 4.78 is 10.7.